The SMILES string of the molecule is CCC(C)CNCc1ccc(Br)o1. The molecule has 1 rings (SSSR count). The van der Waals surface area contributed by atoms with E-state index in [1.807, 2.05) is 12.1 Å². The molecule has 0 saturated carbocycles. The molecule has 1 aromatic rings. The maximum absolute atomic E-state index is 5.35. The highest BCUT2D eigenvalue weighted by Crippen LogP contribution is 2.13. The van der Waals surface area contributed by atoms with Crippen LogP contribution in [0.3, 0.4) is 0 Å². The van der Waals surface area contributed by atoms with E-state index in [9.17, 15) is 0 Å². The quantitative estimate of drug-likeness (QED) is 0.863. The van der Waals surface area contributed by atoms with Crippen LogP contribution in [0.15, 0.2) is 21.2 Å². The van der Waals surface area contributed by atoms with Gasteiger partial charge in [-0.3, -0.25) is 0 Å². The third-order valence-corrected chi connectivity index (χ3v) is 2.54. The molecule has 0 aliphatic heterocycles. The summed E-state index contributed by atoms with van der Waals surface area (Å²) in [5, 5.41) is 3.35. The molecule has 1 heterocycles. The fraction of sp³-hybridized carbons (Fsp3) is 0.600. The summed E-state index contributed by atoms with van der Waals surface area (Å²) in [7, 11) is 0. The molecule has 0 aliphatic carbocycles. The highest BCUT2D eigenvalue weighted by atomic mass is 79.9. The van der Waals surface area contributed by atoms with Gasteiger partial charge in [0, 0.05) is 0 Å². The molecule has 1 aromatic heterocycles. The Labute approximate surface area is 87.8 Å². The Morgan fingerprint density at radius 3 is 2.85 bits per heavy atom. The summed E-state index contributed by atoms with van der Waals surface area (Å²) in [5.41, 5.74) is 0. The second-order valence-corrected chi connectivity index (χ2v) is 4.13. The van der Waals surface area contributed by atoms with E-state index in [0.29, 0.717) is 0 Å². The van der Waals surface area contributed by atoms with Gasteiger partial charge < -0.3 is 9.73 Å². The minimum atomic E-state index is 0.735. The third-order valence-electron chi connectivity index (χ3n) is 2.12. The van der Waals surface area contributed by atoms with Crippen LogP contribution < -0.4 is 5.32 Å². The summed E-state index contributed by atoms with van der Waals surface area (Å²) in [5.74, 6) is 1.72. The third kappa shape index (κ3) is 3.96. The van der Waals surface area contributed by atoms with Gasteiger partial charge in [0.1, 0.15) is 5.76 Å². The first-order valence-electron chi connectivity index (χ1n) is 4.67. The summed E-state index contributed by atoms with van der Waals surface area (Å²) in [4.78, 5) is 0. The number of hydrogen-bond acceptors (Lipinski definition) is 2. The van der Waals surface area contributed by atoms with Crippen molar-refractivity contribution in [2.45, 2.75) is 26.8 Å². The van der Waals surface area contributed by atoms with Gasteiger partial charge >= 0.3 is 0 Å². The molecule has 0 spiro atoms. The number of rotatable bonds is 5. The zero-order valence-electron chi connectivity index (χ0n) is 8.14. The van der Waals surface area contributed by atoms with Crippen molar-refractivity contribution in [1.29, 1.82) is 0 Å². The monoisotopic (exact) mass is 245 g/mol. The Bertz CT molecular complexity index is 247. The van der Waals surface area contributed by atoms with Crippen LogP contribution in [-0.4, -0.2) is 6.54 Å². The van der Waals surface area contributed by atoms with Crippen LogP contribution in [0.4, 0.5) is 0 Å². The average molecular weight is 246 g/mol. The van der Waals surface area contributed by atoms with Crippen molar-refractivity contribution in [3.05, 3.63) is 22.6 Å². The Morgan fingerprint density at radius 1 is 1.54 bits per heavy atom. The van der Waals surface area contributed by atoms with Gasteiger partial charge in [0.2, 0.25) is 0 Å². The molecule has 1 unspecified atom stereocenters. The maximum Gasteiger partial charge on any atom is 0.169 e. The highest BCUT2D eigenvalue weighted by Gasteiger charge is 2.00. The lowest BCUT2D eigenvalue weighted by Crippen LogP contribution is -2.19. The van der Waals surface area contributed by atoms with Gasteiger partial charge in [-0.2, -0.15) is 0 Å². The second kappa shape index (κ2) is 5.45. The van der Waals surface area contributed by atoms with Crippen molar-refractivity contribution in [3.63, 3.8) is 0 Å². The molecule has 0 bridgehead atoms. The fourth-order valence-electron chi connectivity index (χ4n) is 1.03. The number of halogens is 1. The predicted octanol–water partition coefficient (Wildman–Crippen LogP) is 3.18. The van der Waals surface area contributed by atoms with Crippen molar-refractivity contribution < 1.29 is 4.42 Å². The minimum Gasteiger partial charge on any atom is -0.453 e. The molecular formula is C10H16BrNO. The number of nitrogens with one attached hydrogen (secondary N) is 1. The van der Waals surface area contributed by atoms with E-state index in [1.165, 1.54) is 6.42 Å². The summed E-state index contributed by atoms with van der Waals surface area (Å²) in [6.07, 6.45) is 1.22. The van der Waals surface area contributed by atoms with E-state index in [-0.39, 0.29) is 0 Å². The zero-order valence-corrected chi connectivity index (χ0v) is 9.73. The summed E-state index contributed by atoms with van der Waals surface area (Å²) in [6.45, 7) is 6.31. The molecule has 2 nitrogen and oxygen atoms in total. The predicted molar refractivity (Wildman–Crippen MR) is 57.6 cm³/mol. The molecule has 3 heteroatoms. The lowest BCUT2D eigenvalue weighted by molar-refractivity contribution is 0.439. The van der Waals surface area contributed by atoms with Crippen molar-refractivity contribution in [3.8, 4) is 0 Å². The highest BCUT2D eigenvalue weighted by molar-refractivity contribution is 9.10. The van der Waals surface area contributed by atoms with Gasteiger partial charge in [0.15, 0.2) is 4.67 Å². The summed E-state index contributed by atoms with van der Waals surface area (Å²) >= 11 is 3.27. The Balaban J connectivity index is 2.20. The fourth-order valence-corrected chi connectivity index (χ4v) is 1.37. The topological polar surface area (TPSA) is 25.2 Å². The summed E-state index contributed by atoms with van der Waals surface area (Å²) in [6, 6.07) is 3.90. The minimum absolute atomic E-state index is 0.735. The molecule has 0 amide bonds. The van der Waals surface area contributed by atoms with Crippen LogP contribution in [0.1, 0.15) is 26.0 Å². The lowest BCUT2D eigenvalue weighted by Gasteiger charge is -2.08. The van der Waals surface area contributed by atoms with E-state index in [0.717, 1.165) is 29.4 Å². The molecular weight excluding hydrogens is 230 g/mol. The van der Waals surface area contributed by atoms with Crippen LogP contribution in [0.5, 0.6) is 0 Å². The van der Waals surface area contributed by atoms with Crippen LogP contribution in [-0.2, 0) is 6.54 Å². The van der Waals surface area contributed by atoms with E-state index >= 15 is 0 Å². The van der Waals surface area contributed by atoms with Gasteiger partial charge in [-0.1, -0.05) is 20.3 Å². The van der Waals surface area contributed by atoms with Crippen LogP contribution >= 0.6 is 15.9 Å². The van der Waals surface area contributed by atoms with E-state index in [4.69, 9.17) is 4.42 Å². The number of hydrogen-bond donors (Lipinski definition) is 1. The zero-order chi connectivity index (χ0) is 9.68. The average Bonchev–Trinajstić information content (AvgIpc) is 2.51. The first kappa shape index (κ1) is 10.8. The molecule has 1 N–H and O–H groups in total. The van der Waals surface area contributed by atoms with Crippen molar-refractivity contribution in [2.75, 3.05) is 6.54 Å². The molecule has 0 fully saturated rings. The van der Waals surface area contributed by atoms with E-state index < -0.39 is 0 Å². The molecule has 0 aromatic carbocycles. The van der Waals surface area contributed by atoms with Crippen LogP contribution in [0.25, 0.3) is 0 Å². The van der Waals surface area contributed by atoms with Crippen molar-refractivity contribution >= 4 is 15.9 Å². The lowest BCUT2D eigenvalue weighted by atomic mass is 10.1. The van der Waals surface area contributed by atoms with Crippen LogP contribution in [0.2, 0.25) is 0 Å². The Morgan fingerprint density at radius 2 is 2.31 bits per heavy atom. The smallest absolute Gasteiger partial charge is 0.169 e. The molecule has 0 radical (unpaired) electrons. The molecule has 1 atom stereocenters. The molecule has 74 valence electrons. The largest absolute Gasteiger partial charge is 0.453 e. The first-order chi connectivity index (χ1) is 6.22. The maximum atomic E-state index is 5.35. The van der Waals surface area contributed by atoms with Gasteiger partial charge in [0.05, 0.1) is 6.54 Å². The van der Waals surface area contributed by atoms with Gasteiger partial charge in [0.25, 0.3) is 0 Å². The van der Waals surface area contributed by atoms with Crippen molar-refractivity contribution in [1.82, 2.24) is 5.32 Å². The standard InChI is InChI=1S/C10H16BrNO/c1-3-8(2)6-12-7-9-4-5-10(11)13-9/h4-5,8,12H,3,6-7H2,1-2H3. The first-order valence-corrected chi connectivity index (χ1v) is 5.46. The van der Waals surface area contributed by atoms with E-state index in [1.54, 1.807) is 0 Å². The van der Waals surface area contributed by atoms with E-state index in [2.05, 4.69) is 35.1 Å². The Kier molecular flexibility index (Phi) is 4.53. The number of furan rings is 1. The molecule has 0 saturated heterocycles. The normalized spacial score (nSPS) is 13.2. The summed E-state index contributed by atoms with van der Waals surface area (Å²) < 4.78 is 6.15. The second-order valence-electron chi connectivity index (χ2n) is 3.35. The molecule has 0 aliphatic rings. The van der Waals surface area contributed by atoms with Gasteiger partial charge in [-0.25, -0.2) is 0 Å². The Hall–Kier alpha value is -0.280. The van der Waals surface area contributed by atoms with Crippen molar-refractivity contribution in [2.24, 2.45) is 5.92 Å². The van der Waals surface area contributed by atoms with Gasteiger partial charge in [-0.15, -0.1) is 0 Å². The van der Waals surface area contributed by atoms with Gasteiger partial charge in [-0.05, 0) is 40.5 Å². The van der Waals surface area contributed by atoms with Crippen LogP contribution in [0, 0.1) is 5.92 Å². The molecule has 13 heavy (non-hydrogen) atoms.